The average molecular weight is 325 g/mol. The van der Waals surface area contributed by atoms with Crippen LogP contribution in [0.5, 0.6) is 23.0 Å². The molecular formula is C18H15NO5. The van der Waals surface area contributed by atoms with Gasteiger partial charge in [-0.25, -0.2) is 9.78 Å². The van der Waals surface area contributed by atoms with E-state index >= 15 is 0 Å². The summed E-state index contributed by atoms with van der Waals surface area (Å²) >= 11 is 0. The number of fused-ring (bicyclic) bond motifs is 1. The lowest BCUT2D eigenvalue weighted by Crippen LogP contribution is -2.04. The summed E-state index contributed by atoms with van der Waals surface area (Å²) in [7, 11) is 2.83. The molecule has 6 heteroatoms. The van der Waals surface area contributed by atoms with Crippen molar-refractivity contribution in [3.63, 3.8) is 0 Å². The van der Waals surface area contributed by atoms with E-state index in [1.54, 1.807) is 49.6 Å². The highest BCUT2D eigenvalue weighted by Gasteiger charge is 2.16. The van der Waals surface area contributed by atoms with Gasteiger partial charge in [-0.05, 0) is 42.5 Å². The largest absolute Gasteiger partial charge is 0.505 e. The van der Waals surface area contributed by atoms with E-state index in [0.717, 1.165) is 5.75 Å². The quantitative estimate of drug-likeness (QED) is 0.739. The molecule has 0 aliphatic carbocycles. The molecule has 1 N–H and O–H groups in total. The summed E-state index contributed by atoms with van der Waals surface area (Å²) in [6, 6.07) is 12.3. The van der Waals surface area contributed by atoms with Gasteiger partial charge in [-0.1, -0.05) is 0 Å². The van der Waals surface area contributed by atoms with Crippen LogP contribution >= 0.6 is 0 Å². The van der Waals surface area contributed by atoms with Crippen LogP contribution in [0.4, 0.5) is 0 Å². The molecule has 0 radical (unpaired) electrons. The van der Waals surface area contributed by atoms with E-state index < -0.39 is 5.97 Å². The predicted octanol–water partition coefficient (Wildman–Crippen LogP) is 3.53. The Balaban J connectivity index is 1.92. The Hall–Kier alpha value is -3.28. The molecule has 3 aromatic rings. The molecule has 0 unspecified atom stereocenters. The summed E-state index contributed by atoms with van der Waals surface area (Å²) in [4.78, 5) is 15.5. The van der Waals surface area contributed by atoms with Crippen molar-refractivity contribution in [2.75, 3.05) is 14.2 Å². The maximum Gasteiger partial charge on any atom is 0.360 e. The number of hydrogen-bond donors (Lipinski definition) is 1. The SMILES string of the molecule is COC(=O)c1ncc2cc(Oc3ccc(OC)cc3)ccc2c1O. The number of aromatic hydroxyl groups is 1. The minimum absolute atomic E-state index is 0.117. The summed E-state index contributed by atoms with van der Waals surface area (Å²) in [6.45, 7) is 0. The third kappa shape index (κ3) is 2.94. The van der Waals surface area contributed by atoms with Gasteiger partial charge >= 0.3 is 5.97 Å². The van der Waals surface area contributed by atoms with Gasteiger partial charge in [0.05, 0.1) is 14.2 Å². The van der Waals surface area contributed by atoms with Crippen LogP contribution in [0.25, 0.3) is 10.8 Å². The highest BCUT2D eigenvalue weighted by Crippen LogP contribution is 2.32. The maximum absolute atomic E-state index is 11.6. The van der Waals surface area contributed by atoms with Gasteiger partial charge in [-0.15, -0.1) is 0 Å². The van der Waals surface area contributed by atoms with Crippen molar-refractivity contribution >= 4 is 16.7 Å². The first-order valence-corrected chi connectivity index (χ1v) is 7.14. The Morgan fingerprint density at radius 1 is 1.00 bits per heavy atom. The second-order valence-electron chi connectivity index (χ2n) is 4.97. The van der Waals surface area contributed by atoms with E-state index in [2.05, 4.69) is 9.72 Å². The summed E-state index contributed by atoms with van der Waals surface area (Å²) in [5.41, 5.74) is -0.117. The van der Waals surface area contributed by atoms with Crippen LogP contribution in [-0.2, 0) is 4.74 Å². The lowest BCUT2D eigenvalue weighted by molar-refractivity contribution is 0.0591. The average Bonchev–Trinajstić information content (AvgIpc) is 2.62. The second kappa shape index (κ2) is 6.45. The standard InChI is InChI=1S/C18H15NO5/c1-22-12-3-5-13(6-4-12)24-14-7-8-15-11(9-14)10-19-16(17(15)20)18(21)23-2/h3-10,20H,1-2H3. The number of carbonyl (C=O) groups is 1. The highest BCUT2D eigenvalue weighted by molar-refractivity contribution is 5.99. The number of hydrogen-bond acceptors (Lipinski definition) is 6. The zero-order chi connectivity index (χ0) is 17.1. The minimum atomic E-state index is -0.687. The Labute approximate surface area is 138 Å². The zero-order valence-electron chi connectivity index (χ0n) is 13.1. The lowest BCUT2D eigenvalue weighted by Gasteiger charge is -2.09. The Morgan fingerprint density at radius 3 is 2.33 bits per heavy atom. The fourth-order valence-corrected chi connectivity index (χ4v) is 2.28. The normalized spacial score (nSPS) is 10.4. The molecule has 122 valence electrons. The molecule has 6 nitrogen and oxygen atoms in total. The number of pyridine rings is 1. The molecule has 0 aliphatic heterocycles. The van der Waals surface area contributed by atoms with E-state index in [4.69, 9.17) is 9.47 Å². The van der Waals surface area contributed by atoms with Gasteiger partial charge in [-0.3, -0.25) is 0 Å². The molecule has 0 bridgehead atoms. The number of nitrogens with zero attached hydrogens (tertiary/aromatic N) is 1. The number of aromatic nitrogens is 1. The van der Waals surface area contributed by atoms with E-state index in [1.165, 1.54) is 13.3 Å². The second-order valence-corrected chi connectivity index (χ2v) is 4.97. The number of esters is 1. The highest BCUT2D eigenvalue weighted by atomic mass is 16.5. The molecular weight excluding hydrogens is 310 g/mol. The van der Waals surface area contributed by atoms with Gasteiger partial charge in [0.2, 0.25) is 0 Å². The minimum Gasteiger partial charge on any atom is -0.505 e. The summed E-state index contributed by atoms with van der Waals surface area (Å²) in [6.07, 6.45) is 1.49. The van der Waals surface area contributed by atoms with Gasteiger partial charge in [-0.2, -0.15) is 0 Å². The number of rotatable bonds is 4. The molecule has 0 aliphatic rings. The predicted molar refractivity (Wildman–Crippen MR) is 87.8 cm³/mol. The Bertz CT molecular complexity index is 890. The summed E-state index contributed by atoms with van der Waals surface area (Å²) < 4.78 is 15.5. The van der Waals surface area contributed by atoms with Crippen LogP contribution in [0, 0.1) is 0 Å². The first-order valence-electron chi connectivity index (χ1n) is 7.14. The molecule has 0 fully saturated rings. The van der Waals surface area contributed by atoms with Crippen LogP contribution in [0.3, 0.4) is 0 Å². The third-order valence-corrected chi connectivity index (χ3v) is 3.51. The van der Waals surface area contributed by atoms with Crippen LogP contribution in [0.15, 0.2) is 48.7 Å². The topological polar surface area (TPSA) is 77.9 Å². The fourth-order valence-electron chi connectivity index (χ4n) is 2.28. The lowest BCUT2D eigenvalue weighted by atomic mass is 10.1. The smallest absolute Gasteiger partial charge is 0.360 e. The molecule has 1 aromatic heterocycles. The van der Waals surface area contributed by atoms with E-state index in [9.17, 15) is 9.90 Å². The molecule has 3 rings (SSSR count). The van der Waals surface area contributed by atoms with Gasteiger partial charge in [0.25, 0.3) is 0 Å². The molecule has 0 atom stereocenters. The van der Waals surface area contributed by atoms with Crippen LogP contribution in [-0.4, -0.2) is 30.3 Å². The summed E-state index contributed by atoms with van der Waals surface area (Å²) in [5, 5.41) is 11.3. The maximum atomic E-state index is 11.6. The molecule has 1 heterocycles. The molecule has 0 amide bonds. The van der Waals surface area contributed by atoms with Crippen LogP contribution < -0.4 is 9.47 Å². The molecule has 24 heavy (non-hydrogen) atoms. The molecule has 0 saturated carbocycles. The molecule has 2 aromatic carbocycles. The van der Waals surface area contributed by atoms with Crippen LogP contribution in [0.1, 0.15) is 10.5 Å². The fraction of sp³-hybridized carbons (Fsp3) is 0.111. The number of ether oxygens (including phenoxy) is 3. The van der Waals surface area contributed by atoms with E-state index in [-0.39, 0.29) is 11.4 Å². The van der Waals surface area contributed by atoms with Crippen molar-refractivity contribution in [3.05, 3.63) is 54.4 Å². The molecule has 0 saturated heterocycles. The van der Waals surface area contributed by atoms with Crippen molar-refractivity contribution in [3.8, 4) is 23.0 Å². The summed E-state index contributed by atoms with van der Waals surface area (Å²) in [5.74, 6) is 1.08. The van der Waals surface area contributed by atoms with Crippen molar-refractivity contribution < 1.29 is 24.1 Å². The Morgan fingerprint density at radius 2 is 1.67 bits per heavy atom. The van der Waals surface area contributed by atoms with E-state index in [1.807, 2.05) is 0 Å². The first-order chi connectivity index (χ1) is 11.6. The van der Waals surface area contributed by atoms with Gasteiger partial charge in [0, 0.05) is 17.0 Å². The van der Waals surface area contributed by atoms with Crippen molar-refractivity contribution in [2.45, 2.75) is 0 Å². The van der Waals surface area contributed by atoms with Gasteiger partial charge in [0.15, 0.2) is 11.4 Å². The number of carbonyl (C=O) groups excluding carboxylic acids is 1. The van der Waals surface area contributed by atoms with Crippen molar-refractivity contribution in [2.24, 2.45) is 0 Å². The van der Waals surface area contributed by atoms with Gasteiger partial charge in [0.1, 0.15) is 17.2 Å². The first kappa shape index (κ1) is 15.6. The monoisotopic (exact) mass is 325 g/mol. The Kier molecular flexibility index (Phi) is 4.20. The molecule has 0 spiro atoms. The third-order valence-electron chi connectivity index (χ3n) is 3.51. The number of methoxy groups -OCH3 is 2. The van der Waals surface area contributed by atoms with Crippen LogP contribution in [0.2, 0.25) is 0 Å². The van der Waals surface area contributed by atoms with Crippen molar-refractivity contribution in [1.82, 2.24) is 4.98 Å². The van der Waals surface area contributed by atoms with Crippen molar-refractivity contribution in [1.29, 1.82) is 0 Å². The zero-order valence-corrected chi connectivity index (χ0v) is 13.1. The number of benzene rings is 2. The van der Waals surface area contributed by atoms with Gasteiger partial charge < -0.3 is 19.3 Å². The van der Waals surface area contributed by atoms with E-state index in [0.29, 0.717) is 22.3 Å².